The van der Waals surface area contributed by atoms with Gasteiger partial charge in [0.2, 0.25) is 0 Å². The van der Waals surface area contributed by atoms with Gasteiger partial charge in [-0.1, -0.05) is 0 Å². The summed E-state index contributed by atoms with van der Waals surface area (Å²) in [4.78, 5) is 13.9. The Hall–Kier alpha value is -2.24. The lowest BCUT2D eigenvalue weighted by atomic mass is 10.1. The van der Waals surface area contributed by atoms with Gasteiger partial charge < -0.3 is 10.1 Å². The first-order valence-corrected chi connectivity index (χ1v) is 4.78. The molecule has 6 nitrogen and oxygen atoms in total. The molecule has 0 N–H and O–H groups in total. The topological polar surface area (TPSA) is 73.8 Å². The van der Waals surface area contributed by atoms with Crippen molar-refractivity contribution >= 4 is 5.82 Å². The van der Waals surface area contributed by atoms with Gasteiger partial charge in [0.15, 0.2) is 0 Å². The van der Waals surface area contributed by atoms with Crippen molar-refractivity contribution in [3.05, 3.63) is 52.5 Å². The molecule has 0 amide bonds. The van der Waals surface area contributed by atoms with Gasteiger partial charge in [-0.2, -0.15) is 4.68 Å². The highest BCUT2D eigenvalue weighted by Gasteiger charge is 2.16. The highest BCUT2D eigenvalue weighted by molar-refractivity contribution is 5.19. The number of rotatable bonds is 3. The Morgan fingerprint density at radius 3 is 2.62 bits per heavy atom. The highest BCUT2D eigenvalue weighted by atomic mass is 16.6. The zero-order chi connectivity index (χ0) is 11.5. The summed E-state index contributed by atoms with van der Waals surface area (Å²) in [6.45, 7) is 1.92. The quantitative estimate of drug-likeness (QED) is 0.581. The summed E-state index contributed by atoms with van der Waals surface area (Å²) in [6, 6.07) is 5.06. The van der Waals surface area contributed by atoms with Gasteiger partial charge in [0.25, 0.3) is 0 Å². The van der Waals surface area contributed by atoms with Crippen LogP contribution in [0.4, 0.5) is 5.82 Å². The van der Waals surface area contributed by atoms with Crippen molar-refractivity contribution in [2.45, 2.75) is 13.0 Å². The van der Waals surface area contributed by atoms with Gasteiger partial charge in [-0.25, -0.2) is 0 Å². The molecule has 0 aliphatic heterocycles. The van der Waals surface area contributed by atoms with Crippen molar-refractivity contribution in [1.82, 2.24) is 14.8 Å². The number of nitro groups is 1. The van der Waals surface area contributed by atoms with Crippen LogP contribution in [0.2, 0.25) is 0 Å². The van der Waals surface area contributed by atoms with Gasteiger partial charge in [-0.3, -0.25) is 4.98 Å². The molecule has 0 spiro atoms. The van der Waals surface area contributed by atoms with Crippen molar-refractivity contribution in [1.29, 1.82) is 0 Å². The third-order valence-corrected chi connectivity index (χ3v) is 2.37. The van der Waals surface area contributed by atoms with Crippen LogP contribution in [0.5, 0.6) is 0 Å². The number of nitrogens with zero attached hydrogens (tertiary/aromatic N) is 4. The van der Waals surface area contributed by atoms with E-state index in [9.17, 15) is 10.1 Å². The summed E-state index contributed by atoms with van der Waals surface area (Å²) in [6.07, 6.45) is 4.97. The van der Waals surface area contributed by atoms with Gasteiger partial charge in [0.1, 0.15) is 0 Å². The molecule has 2 aromatic rings. The van der Waals surface area contributed by atoms with E-state index in [2.05, 4.69) is 10.1 Å². The predicted molar refractivity (Wildman–Crippen MR) is 56.9 cm³/mol. The third-order valence-electron chi connectivity index (χ3n) is 2.37. The van der Waals surface area contributed by atoms with E-state index in [1.807, 2.05) is 19.1 Å². The van der Waals surface area contributed by atoms with E-state index in [-0.39, 0.29) is 11.9 Å². The van der Waals surface area contributed by atoms with E-state index in [4.69, 9.17) is 0 Å². The zero-order valence-electron chi connectivity index (χ0n) is 8.65. The van der Waals surface area contributed by atoms with Crippen molar-refractivity contribution < 1.29 is 4.92 Å². The van der Waals surface area contributed by atoms with Crippen LogP contribution in [-0.2, 0) is 0 Å². The van der Waals surface area contributed by atoms with E-state index in [0.717, 1.165) is 5.56 Å². The van der Waals surface area contributed by atoms with Gasteiger partial charge in [0.05, 0.1) is 23.4 Å². The molecule has 0 saturated carbocycles. The molecule has 0 aromatic carbocycles. The average molecular weight is 218 g/mol. The van der Waals surface area contributed by atoms with Gasteiger partial charge in [0, 0.05) is 12.4 Å². The molecule has 2 heterocycles. The first-order valence-electron chi connectivity index (χ1n) is 4.78. The fourth-order valence-electron chi connectivity index (χ4n) is 1.44. The maximum atomic E-state index is 10.5. The summed E-state index contributed by atoms with van der Waals surface area (Å²) in [7, 11) is 0. The maximum absolute atomic E-state index is 10.5. The van der Waals surface area contributed by atoms with Crippen molar-refractivity contribution in [3.63, 3.8) is 0 Å². The Morgan fingerprint density at radius 2 is 2.06 bits per heavy atom. The van der Waals surface area contributed by atoms with E-state index in [0.29, 0.717) is 0 Å². The van der Waals surface area contributed by atoms with E-state index >= 15 is 0 Å². The molecule has 0 bridgehead atoms. The fourth-order valence-corrected chi connectivity index (χ4v) is 1.44. The molecular formula is C10H10N4O2. The lowest BCUT2D eigenvalue weighted by Crippen LogP contribution is -2.07. The SMILES string of the molecule is CC(c1ccncc1)n1ccc([N+](=O)[O-])n1. The number of hydrogen-bond acceptors (Lipinski definition) is 4. The van der Waals surface area contributed by atoms with Crippen LogP contribution < -0.4 is 0 Å². The molecule has 2 aromatic heterocycles. The van der Waals surface area contributed by atoms with Crippen molar-refractivity contribution in [2.24, 2.45) is 0 Å². The van der Waals surface area contributed by atoms with Crippen molar-refractivity contribution in [3.8, 4) is 0 Å². The summed E-state index contributed by atoms with van der Waals surface area (Å²) in [5, 5.41) is 14.4. The Labute approximate surface area is 91.7 Å². The van der Waals surface area contributed by atoms with Crippen LogP contribution in [0.1, 0.15) is 18.5 Å². The predicted octanol–water partition coefficient (Wildman–Crippen LogP) is 1.80. The monoisotopic (exact) mass is 218 g/mol. The Bertz CT molecular complexity index is 495. The Balaban J connectivity index is 2.27. The first kappa shape index (κ1) is 10.3. The van der Waals surface area contributed by atoms with Gasteiger partial charge in [-0.15, -0.1) is 0 Å². The second-order valence-electron chi connectivity index (χ2n) is 3.37. The molecule has 16 heavy (non-hydrogen) atoms. The standard InChI is InChI=1S/C10H10N4O2/c1-8(9-2-5-11-6-3-9)13-7-4-10(12-13)14(15)16/h2-8H,1H3. The smallest absolute Gasteiger partial charge is 0.358 e. The highest BCUT2D eigenvalue weighted by Crippen LogP contribution is 2.17. The molecule has 0 aliphatic rings. The Kier molecular flexibility index (Phi) is 2.63. The molecular weight excluding hydrogens is 208 g/mol. The molecule has 1 unspecified atom stereocenters. The first-order chi connectivity index (χ1) is 7.68. The largest absolute Gasteiger partial charge is 0.389 e. The summed E-state index contributed by atoms with van der Waals surface area (Å²) in [5.41, 5.74) is 1.01. The normalized spacial score (nSPS) is 12.3. The van der Waals surface area contributed by atoms with Gasteiger partial charge >= 0.3 is 5.82 Å². The van der Waals surface area contributed by atoms with E-state index in [1.165, 1.54) is 6.07 Å². The van der Waals surface area contributed by atoms with Crippen LogP contribution in [0.25, 0.3) is 0 Å². The minimum absolute atomic E-state index is 0.0447. The van der Waals surface area contributed by atoms with Crippen LogP contribution in [0, 0.1) is 10.1 Å². The second kappa shape index (κ2) is 4.09. The molecule has 6 heteroatoms. The number of aromatic nitrogens is 3. The molecule has 1 atom stereocenters. The lowest BCUT2D eigenvalue weighted by molar-refractivity contribution is -0.389. The van der Waals surface area contributed by atoms with Crippen LogP contribution in [-0.4, -0.2) is 19.7 Å². The van der Waals surface area contributed by atoms with E-state index in [1.54, 1.807) is 23.3 Å². The third kappa shape index (κ3) is 1.90. The number of hydrogen-bond donors (Lipinski definition) is 0. The molecule has 82 valence electrons. The zero-order valence-corrected chi connectivity index (χ0v) is 8.65. The summed E-state index contributed by atoms with van der Waals surface area (Å²) >= 11 is 0. The fraction of sp³-hybridized carbons (Fsp3) is 0.200. The van der Waals surface area contributed by atoms with Crippen LogP contribution in [0.3, 0.4) is 0 Å². The summed E-state index contributed by atoms with van der Waals surface area (Å²) < 4.78 is 1.56. The molecule has 2 rings (SSSR count). The second-order valence-corrected chi connectivity index (χ2v) is 3.37. The van der Waals surface area contributed by atoms with E-state index < -0.39 is 4.92 Å². The lowest BCUT2D eigenvalue weighted by Gasteiger charge is -2.07. The minimum atomic E-state index is -0.504. The Morgan fingerprint density at radius 1 is 1.38 bits per heavy atom. The summed E-state index contributed by atoms with van der Waals surface area (Å²) in [5.74, 6) is -0.138. The molecule has 0 saturated heterocycles. The van der Waals surface area contributed by atoms with Gasteiger partial charge in [-0.05, 0) is 29.5 Å². The molecule has 0 aliphatic carbocycles. The maximum Gasteiger partial charge on any atom is 0.389 e. The minimum Gasteiger partial charge on any atom is -0.358 e. The molecule has 0 fully saturated rings. The molecule has 0 radical (unpaired) electrons. The van der Waals surface area contributed by atoms with Crippen LogP contribution >= 0.6 is 0 Å². The van der Waals surface area contributed by atoms with Crippen molar-refractivity contribution in [2.75, 3.05) is 0 Å². The van der Waals surface area contributed by atoms with Crippen LogP contribution in [0.15, 0.2) is 36.8 Å². The average Bonchev–Trinajstić information content (AvgIpc) is 2.78. The number of pyridine rings is 1.